The first kappa shape index (κ1) is 19.3. The molecule has 0 amide bonds. The molecule has 0 N–H and O–H groups in total. The van der Waals surface area contributed by atoms with E-state index in [9.17, 15) is 8.42 Å². The number of hydrogen-bond donors (Lipinski definition) is 0. The number of benzene rings is 2. The van der Waals surface area contributed by atoms with Crippen LogP contribution in [0.15, 0.2) is 53.6 Å². The molecular weight excluding hydrogens is 400 g/mol. The summed E-state index contributed by atoms with van der Waals surface area (Å²) < 4.78 is 40.3. The van der Waals surface area contributed by atoms with Crippen LogP contribution in [0.5, 0.6) is 11.5 Å². The van der Waals surface area contributed by atoms with E-state index in [0.717, 1.165) is 42.2 Å². The van der Waals surface area contributed by atoms with Gasteiger partial charge < -0.3 is 9.47 Å². The molecule has 30 heavy (non-hydrogen) atoms. The lowest BCUT2D eigenvalue weighted by Crippen LogP contribution is -2.38. The van der Waals surface area contributed by atoms with Crippen LogP contribution < -0.4 is 9.47 Å². The van der Waals surface area contributed by atoms with Gasteiger partial charge in [0.15, 0.2) is 11.5 Å². The first-order valence-electron chi connectivity index (χ1n) is 10.3. The van der Waals surface area contributed by atoms with Crippen LogP contribution in [0.4, 0.5) is 0 Å². The summed E-state index contributed by atoms with van der Waals surface area (Å²) in [4.78, 5) is 4.74. The number of ether oxygens (including phenoxy) is 2. The van der Waals surface area contributed by atoms with Crippen LogP contribution in [-0.4, -0.2) is 30.5 Å². The number of rotatable bonds is 5. The molecule has 1 aliphatic carbocycles. The van der Waals surface area contributed by atoms with Crippen molar-refractivity contribution in [3.8, 4) is 11.5 Å². The molecular formula is C23H24N2O4S. The molecule has 156 valence electrons. The number of fused-ring (bicyclic) bond motifs is 2. The van der Waals surface area contributed by atoms with Crippen LogP contribution in [0.3, 0.4) is 0 Å². The summed E-state index contributed by atoms with van der Waals surface area (Å²) >= 11 is 0. The Bertz CT molecular complexity index is 1200. The topological polar surface area (TPSA) is 68.7 Å². The highest BCUT2D eigenvalue weighted by atomic mass is 32.2. The van der Waals surface area contributed by atoms with E-state index in [1.165, 1.54) is 0 Å². The van der Waals surface area contributed by atoms with Gasteiger partial charge in [0.05, 0.1) is 5.52 Å². The standard InChI is InChI=1S/C23H24N2O4S/c1-16-11-18-5-4-8-22(23(18)24-13-16)30(26,27)25(19-6-2-3-7-19)14-17-9-10-20-21(12-17)29-15-28-20/h4-5,8-13,19H,2-3,6-7,14-15H2,1H3. The van der Waals surface area contributed by atoms with Crippen molar-refractivity contribution in [3.63, 3.8) is 0 Å². The second-order valence-electron chi connectivity index (χ2n) is 8.02. The van der Waals surface area contributed by atoms with Gasteiger partial charge in [-0.2, -0.15) is 4.31 Å². The Morgan fingerprint density at radius 2 is 1.87 bits per heavy atom. The molecule has 2 aliphatic rings. The Morgan fingerprint density at radius 3 is 2.70 bits per heavy atom. The zero-order valence-electron chi connectivity index (χ0n) is 16.9. The lowest BCUT2D eigenvalue weighted by atomic mass is 10.1. The fraction of sp³-hybridized carbons (Fsp3) is 0.348. The number of pyridine rings is 1. The highest BCUT2D eigenvalue weighted by molar-refractivity contribution is 7.89. The molecule has 0 atom stereocenters. The number of sulfonamides is 1. The predicted molar refractivity (Wildman–Crippen MR) is 114 cm³/mol. The number of nitrogens with zero attached hydrogens (tertiary/aromatic N) is 2. The van der Waals surface area contributed by atoms with Gasteiger partial charge >= 0.3 is 0 Å². The van der Waals surface area contributed by atoms with E-state index in [-0.39, 0.29) is 17.7 Å². The molecule has 1 aliphatic heterocycles. The van der Waals surface area contributed by atoms with Gasteiger partial charge in [-0.1, -0.05) is 31.0 Å². The van der Waals surface area contributed by atoms with Gasteiger partial charge in [0.1, 0.15) is 4.90 Å². The Balaban J connectivity index is 1.57. The normalized spacial score (nSPS) is 16.6. The van der Waals surface area contributed by atoms with E-state index in [4.69, 9.17) is 9.47 Å². The van der Waals surface area contributed by atoms with Gasteiger partial charge in [-0.3, -0.25) is 4.98 Å². The van der Waals surface area contributed by atoms with Crippen molar-refractivity contribution in [1.29, 1.82) is 0 Å². The Kier molecular flexibility index (Phi) is 4.87. The van der Waals surface area contributed by atoms with Gasteiger partial charge in [0, 0.05) is 24.2 Å². The number of aromatic nitrogens is 1. The van der Waals surface area contributed by atoms with Crippen LogP contribution in [0.25, 0.3) is 10.9 Å². The third kappa shape index (κ3) is 3.42. The lowest BCUT2D eigenvalue weighted by molar-refractivity contribution is 0.174. The molecule has 1 saturated carbocycles. The molecule has 3 aromatic rings. The van der Waals surface area contributed by atoms with E-state index < -0.39 is 10.0 Å². The van der Waals surface area contributed by atoms with Crippen molar-refractivity contribution in [2.45, 2.75) is 50.1 Å². The van der Waals surface area contributed by atoms with Gasteiger partial charge in [0.25, 0.3) is 0 Å². The summed E-state index contributed by atoms with van der Waals surface area (Å²) in [5.41, 5.74) is 2.42. The largest absolute Gasteiger partial charge is 0.454 e. The van der Waals surface area contributed by atoms with Crippen molar-refractivity contribution in [2.24, 2.45) is 0 Å². The Labute approximate surface area is 176 Å². The van der Waals surface area contributed by atoms with Gasteiger partial charge in [-0.25, -0.2) is 8.42 Å². The monoisotopic (exact) mass is 424 g/mol. The quantitative estimate of drug-likeness (QED) is 0.607. The summed E-state index contributed by atoms with van der Waals surface area (Å²) in [5, 5.41) is 0.838. The average Bonchev–Trinajstić information content (AvgIpc) is 3.42. The first-order valence-corrected chi connectivity index (χ1v) is 11.7. The van der Waals surface area contributed by atoms with E-state index in [0.29, 0.717) is 23.6 Å². The van der Waals surface area contributed by atoms with Crippen molar-refractivity contribution in [3.05, 3.63) is 59.8 Å². The van der Waals surface area contributed by atoms with Crippen molar-refractivity contribution < 1.29 is 17.9 Å². The fourth-order valence-corrected chi connectivity index (χ4v) is 6.24. The Hall–Kier alpha value is -2.64. The summed E-state index contributed by atoms with van der Waals surface area (Å²) in [6.07, 6.45) is 5.57. The smallest absolute Gasteiger partial charge is 0.245 e. The average molecular weight is 425 g/mol. The van der Waals surface area contributed by atoms with Crippen molar-refractivity contribution in [1.82, 2.24) is 9.29 Å². The lowest BCUT2D eigenvalue weighted by Gasteiger charge is -2.28. The number of aryl methyl sites for hydroxylation is 1. The molecule has 0 saturated heterocycles. The highest BCUT2D eigenvalue weighted by Gasteiger charge is 2.35. The maximum absolute atomic E-state index is 13.9. The summed E-state index contributed by atoms with van der Waals surface area (Å²) in [7, 11) is -3.74. The van der Waals surface area contributed by atoms with Crippen molar-refractivity contribution >= 4 is 20.9 Å². The third-order valence-electron chi connectivity index (χ3n) is 5.90. The zero-order chi connectivity index (χ0) is 20.7. The molecule has 0 bridgehead atoms. The molecule has 1 fully saturated rings. The van der Waals surface area contributed by atoms with E-state index in [1.54, 1.807) is 22.6 Å². The van der Waals surface area contributed by atoms with Crippen LogP contribution in [0.1, 0.15) is 36.8 Å². The van der Waals surface area contributed by atoms with Crippen LogP contribution in [-0.2, 0) is 16.6 Å². The molecule has 0 spiro atoms. The minimum atomic E-state index is -3.74. The maximum Gasteiger partial charge on any atom is 0.245 e. The minimum Gasteiger partial charge on any atom is -0.454 e. The van der Waals surface area contributed by atoms with Crippen LogP contribution >= 0.6 is 0 Å². The first-order chi connectivity index (χ1) is 14.5. The van der Waals surface area contributed by atoms with E-state index >= 15 is 0 Å². The van der Waals surface area contributed by atoms with Gasteiger partial charge in [0.2, 0.25) is 16.8 Å². The molecule has 0 unspecified atom stereocenters. The summed E-state index contributed by atoms with van der Waals surface area (Å²) in [5.74, 6) is 1.36. The summed E-state index contributed by atoms with van der Waals surface area (Å²) in [6, 6.07) is 13.0. The molecule has 0 radical (unpaired) electrons. The Morgan fingerprint density at radius 1 is 1.07 bits per heavy atom. The number of para-hydroxylation sites is 1. The molecule has 2 aromatic carbocycles. The third-order valence-corrected chi connectivity index (χ3v) is 7.83. The van der Waals surface area contributed by atoms with Gasteiger partial charge in [-0.05, 0) is 55.2 Å². The zero-order valence-corrected chi connectivity index (χ0v) is 17.7. The second-order valence-corrected chi connectivity index (χ2v) is 9.88. The maximum atomic E-state index is 13.9. The molecule has 5 rings (SSSR count). The summed E-state index contributed by atoms with van der Waals surface area (Å²) in [6.45, 7) is 2.45. The molecule has 6 nitrogen and oxygen atoms in total. The van der Waals surface area contributed by atoms with E-state index in [1.807, 2.05) is 37.3 Å². The van der Waals surface area contributed by atoms with Crippen LogP contribution in [0.2, 0.25) is 0 Å². The van der Waals surface area contributed by atoms with Crippen molar-refractivity contribution in [2.75, 3.05) is 6.79 Å². The molecule has 2 heterocycles. The second kappa shape index (κ2) is 7.56. The molecule has 1 aromatic heterocycles. The fourth-order valence-electron chi connectivity index (χ4n) is 4.40. The van der Waals surface area contributed by atoms with E-state index in [2.05, 4.69) is 4.98 Å². The minimum absolute atomic E-state index is 0.0128. The predicted octanol–water partition coefficient (Wildman–Crippen LogP) is 4.41. The highest BCUT2D eigenvalue weighted by Crippen LogP contribution is 2.36. The van der Waals surface area contributed by atoms with Crippen LogP contribution in [0, 0.1) is 6.92 Å². The van der Waals surface area contributed by atoms with Gasteiger partial charge in [-0.15, -0.1) is 0 Å². The molecule has 7 heteroatoms. The number of hydrogen-bond acceptors (Lipinski definition) is 5. The SMILES string of the molecule is Cc1cnc2c(S(=O)(=O)N(Cc3ccc4c(c3)OCO4)C3CCCC3)cccc2c1.